The molecule has 0 aliphatic carbocycles. The van der Waals surface area contributed by atoms with Gasteiger partial charge in [-0.15, -0.1) is 0 Å². The summed E-state index contributed by atoms with van der Waals surface area (Å²) < 4.78 is 26.6. The van der Waals surface area contributed by atoms with Gasteiger partial charge in [0.05, 0.1) is 11.3 Å². The predicted molar refractivity (Wildman–Crippen MR) is 71.8 cm³/mol. The summed E-state index contributed by atoms with van der Waals surface area (Å²) in [5, 5.41) is 11.9. The fourth-order valence-corrected chi connectivity index (χ4v) is 1.90. The van der Waals surface area contributed by atoms with Crippen molar-refractivity contribution in [3.8, 4) is 0 Å². The summed E-state index contributed by atoms with van der Waals surface area (Å²) in [5.74, 6) is -2.21. The first-order chi connectivity index (χ1) is 9.49. The Morgan fingerprint density at radius 3 is 2.40 bits per heavy atom. The van der Waals surface area contributed by atoms with Crippen LogP contribution >= 0.6 is 0 Å². The summed E-state index contributed by atoms with van der Waals surface area (Å²) in [7, 11) is 0. The molecule has 0 aliphatic heterocycles. The van der Waals surface area contributed by atoms with Gasteiger partial charge in [-0.1, -0.05) is 18.2 Å². The number of carbonyl (C=O) groups is 1. The van der Waals surface area contributed by atoms with Gasteiger partial charge in [-0.05, 0) is 36.8 Å². The molecule has 2 rings (SSSR count). The van der Waals surface area contributed by atoms with Gasteiger partial charge in [0.25, 0.3) is 0 Å². The Hall–Kier alpha value is -2.43. The molecule has 0 fully saturated rings. The number of para-hydroxylation sites is 1. The number of nitrogens with one attached hydrogen (secondary N) is 1. The van der Waals surface area contributed by atoms with Crippen LogP contribution in [0.4, 0.5) is 14.5 Å². The van der Waals surface area contributed by atoms with E-state index in [-0.39, 0.29) is 23.1 Å². The molecule has 0 bridgehead atoms. The van der Waals surface area contributed by atoms with Crippen LogP contribution in [0.1, 0.15) is 28.9 Å². The minimum absolute atomic E-state index is 0.0724. The highest BCUT2D eigenvalue weighted by Crippen LogP contribution is 2.25. The second-order valence-electron chi connectivity index (χ2n) is 4.39. The number of halogens is 2. The van der Waals surface area contributed by atoms with Gasteiger partial charge in [0.15, 0.2) is 0 Å². The van der Waals surface area contributed by atoms with Crippen molar-refractivity contribution in [3.63, 3.8) is 0 Å². The van der Waals surface area contributed by atoms with Crippen molar-refractivity contribution in [1.82, 2.24) is 0 Å². The van der Waals surface area contributed by atoms with E-state index in [2.05, 4.69) is 5.32 Å². The van der Waals surface area contributed by atoms with Crippen molar-refractivity contribution in [3.05, 3.63) is 65.2 Å². The first-order valence-electron chi connectivity index (χ1n) is 6.03. The van der Waals surface area contributed by atoms with Crippen LogP contribution in [-0.4, -0.2) is 11.1 Å². The summed E-state index contributed by atoms with van der Waals surface area (Å²) in [5.41, 5.74) is 0.516. The van der Waals surface area contributed by atoms with E-state index in [0.717, 1.165) is 5.56 Å². The van der Waals surface area contributed by atoms with Crippen molar-refractivity contribution >= 4 is 11.7 Å². The third-order valence-corrected chi connectivity index (χ3v) is 2.97. The Labute approximate surface area is 114 Å². The van der Waals surface area contributed by atoms with Crippen LogP contribution in [0.3, 0.4) is 0 Å². The first kappa shape index (κ1) is 14.0. The number of anilines is 1. The maximum Gasteiger partial charge on any atom is 0.337 e. The molecule has 0 heterocycles. The standard InChI is InChI=1S/C15H13F2NO2/c1-9(10-5-7-11(16)8-6-10)18-14-12(15(19)20)3-2-4-13(14)17/h2-9,18H,1H3,(H,19,20). The van der Waals surface area contributed by atoms with E-state index in [0.29, 0.717) is 0 Å². The molecule has 0 amide bonds. The fourth-order valence-electron chi connectivity index (χ4n) is 1.90. The lowest BCUT2D eigenvalue weighted by atomic mass is 10.1. The Bertz CT molecular complexity index is 626. The summed E-state index contributed by atoms with van der Waals surface area (Å²) in [6, 6.07) is 9.22. The second kappa shape index (κ2) is 5.69. The van der Waals surface area contributed by atoms with Crippen LogP contribution in [-0.2, 0) is 0 Å². The lowest BCUT2D eigenvalue weighted by Gasteiger charge is -2.18. The molecule has 0 aromatic heterocycles. The number of hydrogen-bond donors (Lipinski definition) is 2. The highest BCUT2D eigenvalue weighted by molar-refractivity contribution is 5.94. The average Bonchev–Trinajstić information content (AvgIpc) is 2.41. The van der Waals surface area contributed by atoms with E-state index >= 15 is 0 Å². The number of benzene rings is 2. The Kier molecular flexibility index (Phi) is 3.98. The molecule has 0 aliphatic rings. The third-order valence-electron chi connectivity index (χ3n) is 2.97. The minimum atomic E-state index is -1.21. The third kappa shape index (κ3) is 2.93. The molecule has 2 N–H and O–H groups in total. The number of carboxylic acid groups (broad SMARTS) is 1. The van der Waals surface area contributed by atoms with Crippen molar-refractivity contribution < 1.29 is 18.7 Å². The molecule has 0 spiro atoms. The van der Waals surface area contributed by atoms with Gasteiger partial charge in [0.1, 0.15) is 11.6 Å². The van der Waals surface area contributed by atoms with E-state index in [1.165, 1.54) is 30.3 Å². The lowest BCUT2D eigenvalue weighted by Crippen LogP contribution is -2.12. The van der Waals surface area contributed by atoms with Gasteiger partial charge < -0.3 is 10.4 Å². The van der Waals surface area contributed by atoms with E-state index in [4.69, 9.17) is 5.11 Å². The average molecular weight is 277 g/mol. The molecule has 1 atom stereocenters. The van der Waals surface area contributed by atoms with Crippen molar-refractivity contribution in [2.24, 2.45) is 0 Å². The van der Waals surface area contributed by atoms with Crippen molar-refractivity contribution in [2.75, 3.05) is 5.32 Å². The van der Waals surface area contributed by atoms with Gasteiger partial charge in [0.2, 0.25) is 0 Å². The Balaban J connectivity index is 2.30. The summed E-state index contributed by atoms with van der Waals surface area (Å²) in [4.78, 5) is 11.1. The summed E-state index contributed by atoms with van der Waals surface area (Å²) in [6.07, 6.45) is 0. The van der Waals surface area contributed by atoms with Crippen LogP contribution < -0.4 is 5.32 Å². The molecule has 0 saturated heterocycles. The Morgan fingerprint density at radius 2 is 1.80 bits per heavy atom. The summed E-state index contributed by atoms with van der Waals surface area (Å²) in [6.45, 7) is 1.74. The van der Waals surface area contributed by atoms with Crippen LogP contribution in [0.2, 0.25) is 0 Å². The number of hydrogen-bond acceptors (Lipinski definition) is 2. The highest BCUT2D eigenvalue weighted by atomic mass is 19.1. The van der Waals surface area contributed by atoms with Crippen LogP contribution in [0, 0.1) is 11.6 Å². The van der Waals surface area contributed by atoms with Gasteiger partial charge in [-0.3, -0.25) is 0 Å². The SMILES string of the molecule is CC(Nc1c(F)cccc1C(=O)O)c1ccc(F)cc1. The minimum Gasteiger partial charge on any atom is -0.478 e. The number of aromatic carboxylic acids is 1. The number of rotatable bonds is 4. The monoisotopic (exact) mass is 277 g/mol. The molecule has 2 aromatic carbocycles. The zero-order valence-electron chi connectivity index (χ0n) is 10.7. The Morgan fingerprint density at radius 1 is 1.15 bits per heavy atom. The number of carboxylic acids is 1. The van der Waals surface area contributed by atoms with Gasteiger partial charge in [-0.25, -0.2) is 13.6 Å². The smallest absolute Gasteiger partial charge is 0.337 e. The zero-order valence-corrected chi connectivity index (χ0v) is 10.7. The maximum atomic E-state index is 13.8. The lowest BCUT2D eigenvalue weighted by molar-refractivity contribution is 0.0697. The maximum absolute atomic E-state index is 13.8. The van der Waals surface area contributed by atoms with Gasteiger partial charge >= 0.3 is 5.97 Å². The molecule has 0 saturated carbocycles. The van der Waals surface area contributed by atoms with Crippen LogP contribution in [0.15, 0.2) is 42.5 Å². The van der Waals surface area contributed by atoms with E-state index in [9.17, 15) is 13.6 Å². The molecular weight excluding hydrogens is 264 g/mol. The topological polar surface area (TPSA) is 49.3 Å². The van der Waals surface area contributed by atoms with Crippen LogP contribution in [0.25, 0.3) is 0 Å². The molecule has 104 valence electrons. The fraction of sp³-hybridized carbons (Fsp3) is 0.133. The summed E-state index contributed by atoms with van der Waals surface area (Å²) >= 11 is 0. The molecule has 5 heteroatoms. The molecule has 3 nitrogen and oxygen atoms in total. The first-order valence-corrected chi connectivity index (χ1v) is 6.03. The molecular formula is C15H13F2NO2. The highest BCUT2D eigenvalue weighted by Gasteiger charge is 2.16. The quantitative estimate of drug-likeness (QED) is 0.892. The van der Waals surface area contributed by atoms with Gasteiger partial charge in [-0.2, -0.15) is 0 Å². The molecule has 0 radical (unpaired) electrons. The normalized spacial score (nSPS) is 11.9. The largest absolute Gasteiger partial charge is 0.478 e. The molecule has 20 heavy (non-hydrogen) atoms. The molecule has 1 unspecified atom stereocenters. The van der Waals surface area contributed by atoms with Crippen molar-refractivity contribution in [1.29, 1.82) is 0 Å². The van der Waals surface area contributed by atoms with Crippen molar-refractivity contribution in [2.45, 2.75) is 13.0 Å². The predicted octanol–water partition coefficient (Wildman–Crippen LogP) is 3.84. The zero-order chi connectivity index (χ0) is 14.7. The second-order valence-corrected chi connectivity index (χ2v) is 4.39. The van der Waals surface area contributed by atoms with E-state index < -0.39 is 11.8 Å². The van der Waals surface area contributed by atoms with E-state index in [1.54, 1.807) is 19.1 Å². The van der Waals surface area contributed by atoms with E-state index in [1.807, 2.05) is 0 Å². The van der Waals surface area contributed by atoms with Gasteiger partial charge in [0, 0.05) is 6.04 Å². The van der Waals surface area contributed by atoms with Crippen LogP contribution in [0.5, 0.6) is 0 Å². The molecule has 2 aromatic rings.